The van der Waals surface area contributed by atoms with Crippen molar-refractivity contribution < 1.29 is 0 Å². The van der Waals surface area contributed by atoms with Crippen LogP contribution in [0.3, 0.4) is 0 Å². The van der Waals surface area contributed by atoms with Crippen LogP contribution in [0.1, 0.15) is 211 Å². The van der Waals surface area contributed by atoms with Gasteiger partial charge in [-0.1, -0.05) is 87.0 Å². The van der Waals surface area contributed by atoms with E-state index in [2.05, 4.69) is 241 Å². The molecule has 0 unspecified atom stereocenters. The fraction of sp³-hybridized carbons (Fsp3) is 0.620. The first-order chi connectivity index (χ1) is 61.4. The van der Waals surface area contributed by atoms with Crippen LogP contribution >= 0.6 is 0 Å². The van der Waals surface area contributed by atoms with Crippen LogP contribution < -0.4 is 108 Å². The van der Waals surface area contributed by atoms with E-state index in [1.54, 1.807) is 55.6 Å². The molecule has 10 rings (SSSR count). The van der Waals surface area contributed by atoms with Gasteiger partial charge in [-0.15, -0.1) is 0 Å². The number of nitrogens with zero attached hydrogens (tertiary/aromatic N) is 34. The van der Waals surface area contributed by atoms with Crippen molar-refractivity contribution in [1.82, 2.24) is 150 Å². The molecule has 10 aromatic heterocycles. The third-order valence-electron chi connectivity index (χ3n) is 16.0. The lowest BCUT2D eigenvalue weighted by Crippen LogP contribution is -2.22. The number of aromatic nitrogens is 30. The van der Waals surface area contributed by atoms with E-state index in [4.69, 9.17) is 45.9 Å². The van der Waals surface area contributed by atoms with Gasteiger partial charge in [0.1, 0.15) is 58.2 Å². The summed E-state index contributed by atoms with van der Waals surface area (Å²) in [6.45, 7) is 47.7. The second kappa shape index (κ2) is 65.7. The number of unbranched alkanes of at least 4 members (excludes halogenated alkanes) is 6. The van der Waals surface area contributed by atoms with Gasteiger partial charge >= 0.3 is 0 Å². The van der Waals surface area contributed by atoms with E-state index < -0.39 is 0 Å². The highest BCUT2D eigenvalue weighted by Crippen LogP contribution is 2.14. The number of hydrogen-bond donors (Lipinski definition) is 16. The molecule has 50 nitrogen and oxygen atoms in total. The zero-order valence-electron chi connectivity index (χ0n) is 81.1. The summed E-state index contributed by atoms with van der Waals surface area (Å²) < 4.78 is 0. The molecule has 0 spiro atoms. The van der Waals surface area contributed by atoms with Gasteiger partial charge in [-0.2, -0.15) is 150 Å². The molecule has 0 saturated carbocycles. The minimum absolute atomic E-state index is 0.258. The van der Waals surface area contributed by atoms with Gasteiger partial charge in [-0.25, -0.2) is 0 Å². The monoisotopic (exact) mass is 1800 g/mol. The third-order valence-corrected chi connectivity index (χ3v) is 16.0. The van der Waals surface area contributed by atoms with Crippen molar-refractivity contribution >= 4 is 119 Å². The van der Waals surface area contributed by atoms with Gasteiger partial charge in [0.2, 0.25) is 119 Å². The smallest absolute Gasteiger partial charge is 0.230 e. The Labute approximate surface area is 761 Å². The van der Waals surface area contributed by atoms with Crippen molar-refractivity contribution in [3.63, 3.8) is 0 Å². The highest BCUT2D eigenvalue weighted by atomic mass is 15.3. The topological polar surface area (TPSA) is 704 Å². The largest absolute Gasteiger partial charge is 0.368 e. The number of rotatable bonds is 35. The van der Waals surface area contributed by atoms with E-state index in [1.807, 2.05) is 96.3 Å². The lowest BCUT2D eigenvalue weighted by molar-refractivity contribution is 0.694. The average Bonchev–Trinajstić information content (AvgIpc) is 0.878. The molecule has 0 saturated heterocycles. The minimum atomic E-state index is 0.258. The van der Waals surface area contributed by atoms with E-state index >= 15 is 0 Å². The predicted octanol–water partition coefficient (Wildman–Crippen LogP) is 8.03. The molecule has 0 bridgehead atoms. The Balaban J connectivity index is 0.000000717. The van der Waals surface area contributed by atoms with Crippen molar-refractivity contribution in [3.8, 4) is 0 Å². The quantitative estimate of drug-likeness (QED) is 0.0167. The van der Waals surface area contributed by atoms with Gasteiger partial charge in [-0.05, 0) is 135 Å². The Morgan fingerprint density at radius 1 is 0.202 bits per heavy atom. The summed E-state index contributed by atoms with van der Waals surface area (Å²) in [5.74, 6) is 16.1. The summed E-state index contributed by atoms with van der Waals surface area (Å²) in [6, 6.07) is 0. The molecule has 0 fully saturated rings. The van der Waals surface area contributed by atoms with Crippen LogP contribution in [0, 0.1) is 69.2 Å². The molecule has 10 heterocycles. The number of aryl methyl sites for hydroxylation is 10. The van der Waals surface area contributed by atoms with E-state index in [0.717, 1.165) is 129 Å². The van der Waals surface area contributed by atoms with Crippen molar-refractivity contribution in [2.24, 2.45) is 0 Å². The van der Waals surface area contributed by atoms with Gasteiger partial charge in [0.15, 0.2) is 0 Å². The number of hydrogen-bond acceptors (Lipinski definition) is 50. The standard InChI is InChI=1S/C10H19N5.2C9H17N5.3C8H15N5.3C7H13N5.C6H11N5/c1-4-5-6-7-15(3)10-13-8(2)12-9(11)14-10;1-4-5-6-14(3)9-12-7(2)11-8(10)13-9;1-3-4-5-6-11-9-13-7(2)12-8(10)14-9;1-4-5-13(3)8-11-6(2)10-7(9)12-8;1-4-5-10-8-12-6(2)11-7(9-3)13-8;1-3-4-5-10-8-12-6(2)11-7(9)13-8;1-4-12(3)7-10-5(2)9-6(8)11-7;1-4-9-7-11-5(2)10-6(8-3)12-7;1-3-4-9-7-11-5(2)10-6(8)12-7;1-3-8-6-10-4(2)9-5(7)11-6/h4-7H2,1-3H3,(H2,11,12,13,14);4-6H2,1-3H3,(H2,10,11,12,13);3-6H2,1-2H3,(H3,10,11,12,13,14);4-5H2,1-3H3,(H2,9,10,11,12);4-5H2,1-3H3,(H2,9,10,11,12,13);3-5H2,1-2H3,(H3,9,10,11,12,13);4H2,1-3H3,(H2,8,9,10,11);4H2,1-3H3,(H2,8,9,10,11,12);3-4H2,1-2H3,(H3,8,9,10,11,12);3H2,1-2H3,(H3,7,8,9,10,11). The molecule has 714 valence electrons. The number of nitrogen functional groups attached to an aromatic ring is 8. The Kier molecular flexibility index (Phi) is 57.6. The summed E-state index contributed by atoms with van der Waals surface area (Å²) in [5.41, 5.74) is 43.8. The second-order valence-electron chi connectivity index (χ2n) is 28.1. The SMILES string of the molecule is CCCCCN(C)c1nc(C)nc(N)n1.CCCCCNc1nc(C)nc(N)n1.CCCCN(C)c1nc(C)nc(N)n1.CCCCNc1nc(C)nc(N)n1.CCCN(C)c1nc(C)nc(N)n1.CCCNc1nc(C)nc(N)n1.CCCNc1nc(C)nc(NC)n1.CCN(C)c1nc(C)nc(N)n1.CCNc1nc(C)nc(N)n1.CCNc1nc(C)nc(NC)n1. The minimum Gasteiger partial charge on any atom is -0.368 e. The lowest BCUT2D eigenvalue weighted by atomic mass is 10.2. The highest BCUT2D eigenvalue weighted by Gasteiger charge is 2.12. The second-order valence-corrected chi connectivity index (χ2v) is 28.1. The van der Waals surface area contributed by atoms with Crippen LogP contribution in [0.25, 0.3) is 0 Å². The van der Waals surface area contributed by atoms with Crippen molar-refractivity contribution in [2.75, 3.05) is 216 Å². The van der Waals surface area contributed by atoms with Gasteiger partial charge in [0.25, 0.3) is 0 Å². The highest BCUT2D eigenvalue weighted by molar-refractivity contribution is 5.40. The van der Waals surface area contributed by atoms with Crippen LogP contribution in [0.2, 0.25) is 0 Å². The van der Waals surface area contributed by atoms with E-state index in [-0.39, 0.29) is 41.6 Å². The van der Waals surface area contributed by atoms with Crippen LogP contribution in [0.15, 0.2) is 0 Å². The Morgan fingerprint density at radius 2 is 0.434 bits per heavy atom. The molecular weight excluding hydrogens is 1650 g/mol. The summed E-state index contributed by atoms with van der Waals surface area (Å²) in [6.07, 6.45) is 14.8. The normalized spacial score (nSPS) is 9.97. The Hall–Kier alpha value is -13.9. The van der Waals surface area contributed by atoms with Crippen LogP contribution in [0.5, 0.6) is 0 Å². The van der Waals surface area contributed by atoms with Crippen LogP contribution in [-0.2, 0) is 0 Å². The fourth-order valence-corrected chi connectivity index (χ4v) is 9.82. The van der Waals surface area contributed by atoms with Crippen LogP contribution in [-0.4, -0.2) is 257 Å². The first-order valence-electron chi connectivity index (χ1n) is 43.4. The number of anilines is 20. The molecule has 0 aliphatic carbocycles. The zero-order chi connectivity index (χ0) is 96.8. The van der Waals surface area contributed by atoms with E-state index in [0.29, 0.717) is 130 Å². The molecule has 0 aliphatic rings. The predicted molar refractivity (Wildman–Crippen MR) is 521 cm³/mol. The molecule has 24 N–H and O–H groups in total. The zero-order valence-corrected chi connectivity index (χ0v) is 81.1. The lowest BCUT2D eigenvalue weighted by Gasteiger charge is -2.16. The third kappa shape index (κ3) is 52.6. The Bertz CT molecular complexity index is 4540. The maximum atomic E-state index is 5.56. The van der Waals surface area contributed by atoms with Gasteiger partial charge in [-0.3, -0.25) is 0 Å². The van der Waals surface area contributed by atoms with Crippen LogP contribution in [0.4, 0.5) is 119 Å². The van der Waals surface area contributed by atoms with Crippen molar-refractivity contribution in [3.05, 3.63) is 58.2 Å². The van der Waals surface area contributed by atoms with Gasteiger partial charge in [0.05, 0.1) is 0 Å². The number of nitrogens with one attached hydrogen (secondary N) is 8. The summed E-state index contributed by atoms with van der Waals surface area (Å²) in [7, 11) is 11.4. The first-order valence-corrected chi connectivity index (χ1v) is 43.4. The first kappa shape index (κ1) is 113. The van der Waals surface area contributed by atoms with Crippen molar-refractivity contribution in [2.45, 2.75) is 222 Å². The molecule has 129 heavy (non-hydrogen) atoms. The fourth-order valence-electron chi connectivity index (χ4n) is 9.82. The summed E-state index contributed by atoms with van der Waals surface area (Å²) in [5, 5.41) is 24.1. The summed E-state index contributed by atoms with van der Waals surface area (Å²) in [4.78, 5) is 129. The maximum absolute atomic E-state index is 5.56. The molecule has 10 aromatic rings. The average molecular weight is 1800 g/mol. The molecule has 0 atom stereocenters. The van der Waals surface area contributed by atoms with Gasteiger partial charge in [0, 0.05) is 108 Å². The number of nitrogens with two attached hydrogens (primary N) is 8. The Morgan fingerprint density at radius 3 is 0.705 bits per heavy atom. The molecule has 50 heteroatoms. The summed E-state index contributed by atoms with van der Waals surface area (Å²) >= 11 is 0. The molecule has 0 radical (unpaired) electrons. The molecule has 0 aromatic carbocycles. The van der Waals surface area contributed by atoms with Gasteiger partial charge < -0.3 is 108 Å². The maximum Gasteiger partial charge on any atom is 0.230 e. The van der Waals surface area contributed by atoms with Crippen molar-refractivity contribution in [1.29, 1.82) is 0 Å². The van der Waals surface area contributed by atoms with E-state index in [1.165, 1.54) is 25.7 Å². The molecular formula is C79H148N50. The van der Waals surface area contributed by atoms with E-state index in [9.17, 15) is 0 Å². The molecule has 0 aliphatic heterocycles. The molecule has 0 amide bonds.